The molecule has 4 heterocycles. The quantitative estimate of drug-likeness (QED) is 0.654. The average molecular weight is 224 g/mol. The van der Waals surface area contributed by atoms with Crippen molar-refractivity contribution < 1.29 is 9.53 Å². The SMILES string of the molecule is CC(C)(C)OC(=O)C12CC3CNCC1CN32. The van der Waals surface area contributed by atoms with E-state index in [9.17, 15) is 4.79 Å². The third-order valence-electron chi connectivity index (χ3n) is 4.12. The molecule has 0 saturated carbocycles. The predicted octanol–water partition coefficient (Wildman–Crippen LogP) is 0.374. The zero-order valence-electron chi connectivity index (χ0n) is 10.2. The summed E-state index contributed by atoms with van der Waals surface area (Å²) in [5.41, 5.74) is -0.633. The molecule has 4 nitrogen and oxygen atoms in total. The fourth-order valence-corrected chi connectivity index (χ4v) is 3.36. The number of piperidine rings is 1. The molecule has 4 saturated heterocycles. The van der Waals surface area contributed by atoms with Crippen LogP contribution in [-0.4, -0.2) is 47.7 Å². The standard InChI is InChI=1S/C12H20N2O2/c1-11(2,3)16-10(15)12-4-9-6-13-5-8(12)7-14(9)12/h8-9,13H,4-7H2,1-3H3. The Morgan fingerprint density at radius 2 is 2.19 bits per heavy atom. The first-order chi connectivity index (χ1) is 7.43. The first-order valence-corrected chi connectivity index (χ1v) is 6.14. The van der Waals surface area contributed by atoms with Crippen LogP contribution in [0, 0.1) is 5.92 Å². The van der Waals surface area contributed by atoms with E-state index >= 15 is 0 Å². The Kier molecular flexibility index (Phi) is 1.97. The number of fused-ring (bicyclic) bond motifs is 2. The Labute approximate surface area is 96.3 Å². The lowest BCUT2D eigenvalue weighted by molar-refractivity contribution is -0.224. The van der Waals surface area contributed by atoms with Gasteiger partial charge in [-0.2, -0.15) is 0 Å². The number of ether oxygens (including phenoxy) is 1. The Morgan fingerprint density at radius 1 is 1.44 bits per heavy atom. The fourth-order valence-electron chi connectivity index (χ4n) is 3.36. The van der Waals surface area contributed by atoms with Gasteiger partial charge in [0.2, 0.25) is 0 Å². The minimum absolute atomic E-state index is 0.00352. The second-order valence-corrected chi connectivity index (χ2v) is 6.29. The maximum Gasteiger partial charge on any atom is 0.327 e. The lowest BCUT2D eigenvalue weighted by atomic mass is 9.62. The number of rotatable bonds is 1. The van der Waals surface area contributed by atoms with Crippen molar-refractivity contribution in [2.75, 3.05) is 19.6 Å². The molecule has 4 aliphatic heterocycles. The topological polar surface area (TPSA) is 41.6 Å². The number of hydrogen-bond acceptors (Lipinski definition) is 4. The Balaban J connectivity index is 1.78. The van der Waals surface area contributed by atoms with Gasteiger partial charge in [0.05, 0.1) is 0 Å². The molecular weight excluding hydrogens is 204 g/mol. The molecule has 1 N–H and O–H groups in total. The smallest absolute Gasteiger partial charge is 0.327 e. The van der Waals surface area contributed by atoms with Crippen LogP contribution in [0.3, 0.4) is 0 Å². The van der Waals surface area contributed by atoms with E-state index in [0.29, 0.717) is 12.0 Å². The van der Waals surface area contributed by atoms with Gasteiger partial charge in [0.25, 0.3) is 0 Å². The number of nitrogens with one attached hydrogen (secondary N) is 1. The number of carbonyl (C=O) groups is 1. The van der Waals surface area contributed by atoms with Crippen molar-refractivity contribution in [1.82, 2.24) is 10.2 Å². The molecule has 16 heavy (non-hydrogen) atoms. The van der Waals surface area contributed by atoms with Crippen LogP contribution in [0.25, 0.3) is 0 Å². The first-order valence-electron chi connectivity index (χ1n) is 6.14. The molecule has 4 rings (SSSR count). The minimum atomic E-state index is -0.371. The molecule has 4 heteroatoms. The van der Waals surface area contributed by atoms with Crippen molar-refractivity contribution in [3.63, 3.8) is 0 Å². The van der Waals surface area contributed by atoms with Gasteiger partial charge in [0.15, 0.2) is 0 Å². The van der Waals surface area contributed by atoms with Crippen molar-refractivity contribution >= 4 is 5.97 Å². The van der Waals surface area contributed by atoms with E-state index in [1.165, 1.54) is 0 Å². The summed E-state index contributed by atoms with van der Waals surface area (Å²) in [6.07, 6.45) is 0.986. The Bertz CT molecular complexity index is 328. The second kappa shape index (κ2) is 2.99. The molecular formula is C12H20N2O2. The van der Waals surface area contributed by atoms with Crippen LogP contribution in [-0.2, 0) is 9.53 Å². The summed E-state index contributed by atoms with van der Waals surface area (Å²) in [4.78, 5) is 14.6. The van der Waals surface area contributed by atoms with Crippen molar-refractivity contribution in [3.8, 4) is 0 Å². The van der Waals surface area contributed by atoms with Gasteiger partial charge in [0, 0.05) is 31.6 Å². The maximum absolute atomic E-state index is 12.3. The summed E-state index contributed by atoms with van der Waals surface area (Å²) < 4.78 is 5.57. The van der Waals surface area contributed by atoms with Crippen LogP contribution in [0.15, 0.2) is 0 Å². The van der Waals surface area contributed by atoms with E-state index in [1.807, 2.05) is 20.8 Å². The Morgan fingerprint density at radius 3 is 2.81 bits per heavy atom. The maximum atomic E-state index is 12.3. The van der Waals surface area contributed by atoms with Gasteiger partial charge in [-0.15, -0.1) is 0 Å². The lowest BCUT2D eigenvalue weighted by Gasteiger charge is -2.66. The molecule has 0 aliphatic carbocycles. The molecule has 0 amide bonds. The summed E-state index contributed by atoms with van der Waals surface area (Å²) in [5.74, 6) is 0.456. The molecule has 0 spiro atoms. The molecule has 4 aliphatic rings. The second-order valence-electron chi connectivity index (χ2n) is 6.29. The number of carbonyl (C=O) groups excluding carboxylic acids is 1. The van der Waals surface area contributed by atoms with Gasteiger partial charge in [-0.05, 0) is 27.2 Å². The molecule has 4 fully saturated rings. The fraction of sp³-hybridized carbons (Fsp3) is 0.917. The van der Waals surface area contributed by atoms with Gasteiger partial charge < -0.3 is 10.1 Å². The van der Waals surface area contributed by atoms with Crippen molar-refractivity contribution in [2.45, 2.75) is 44.4 Å². The van der Waals surface area contributed by atoms with Gasteiger partial charge in [-0.1, -0.05) is 0 Å². The monoisotopic (exact) mass is 224 g/mol. The highest BCUT2D eigenvalue weighted by Crippen LogP contribution is 2.53. The van der Waals surface area contributed by atoms with Gasteiger partial charge in [-0.3, -0.25) is 9.69 Å². The molecule has 90 valence electrons. The average Bonchev–Trinajstić information content (AvgIpc) is 2.45. The summed E-state index contributed by atoms with van der Waals surface area (Å²) in [6, 6.07) is 0.561. The van der Waals surface area contributed by atoms with Crippen LogP contribution in [0.5, 0.6) is 0 Å². The normalized spacial score (nSPS) is 41.7. The zero-order chi connectivity index (χ0) is 11.6. The van der Waals surface area contributed by atoms with Crippen LogP contribution in [0.2, 0.25) is 0 Å². The van der Waals surface area contributed by atoms with Gasteiger partial charge in [-0.25, -0.2) is 0 Å². The number of esters is 1. The summed E-state index contributed by atoms with van der Waals surface area (Å²) in [7, 11) is 0. The van der Waals surface area contributed by atoms with Crippen molar-refractivity contribution in [2.24, 2.45) is 5.92 Å². The molecule has 0 aromatic carbocycles. The molecule has 0 aromatic rings. The Hall–Kier alpha value is -0.610. The summed E-state index contributed by atoms with van der Waals surface area (Å²) >= 11 is 0. The highest BCUT2D eigenvalue weighted by atomic mass is 16.6. The molecule has 3 atom stereocenters. The molecule has 3 unspecified atom stereocenters. The highest BCUT2D eigenvalue weighted by molar-refractivity contribution is 5.85. The largest absolute Gasteiger partial charge is 0.459 e. The minimum Gasteiger partial charge on any atom is -0.459 e. The van der Waals surface area contributed by atoms with E-state index in [2.05, 4.69) is 10.2 Å². The highest BCUT2D eigenvalue weighted by Gasteiger charge is 2.70. The van der Waals surface area contributed by atoms with Crippen LogP contribution in [0.1, 0.15) is 27.2 Å². The third-order valence-corrected chi connectivity index (χ3v) is 4.12. The van der Waals surface area contributed by atoms with Crippen LogP contribution >= 0.6 is 0 Å². The number of nitrogens with zero attached hydrogens (tertiary/aromatic N) is 1. The van der Waals surface area contributed by atoms with Crippen LogP contribution in [0.4, 0.5) is 0 Å². The van der Waals surface area contributed by atoms with E-state index in [-0.39, 0.29) is 17.1 Å². The van der Waals surface area contributed by atoms with Crippen LogP contribution < -0.4 is 5.32 Å². The zero-order valence-corrected chi connectivity index (χ0v) is 10.2. The summed E-state index contributed by atoms with van der Waals surface area (Å²) in [5, 5.41) is 3.42. The van der Waals surface area contributed by atoms with Gasteiger partial charge in [0.1, 0.15) is 11.1 Å². The van der Waals surface area contributed by atoms with E-state index in [1.54, 1.807) is 0 Å². The van der Waals surface area contributed by atoms with Crippen molar-refractivity contribution in [3.05, 3.63) is 0 Å². The lowest BCUT2D eigenvalue weighted by Crippen LogP contribution is -2.82. The van der Waals surface area contributed by atoms with Gasteiger partial charge >= 0.3 is 5.97 Å². The van der Waals surface area contributed by atoms with E-state index in [4.69, 9.17) is 4.74 Å². The molecule has 4 bridgehead atoms. The van der Waals surface area contributed by atoms with Crippen molar-refractivity contribution in [1.29, 1.82) is 0 Å². The summed E-state index contributed by atoms with van der Waals surface area (Å²) in [6.45, 7) is 8.87. The molecule has 0 aromatic heterocycles. The molecule has 0 radical (unpaired) electrons. The number of hydrogen-bond donors (Lipinski definition) is 1. The predicted molar refractivity (Wildman–Crippen MR) is 60.0 cm³/mol. The van der Waals surface area contributed by atoms with E-state index in [0.717, 1.165) is 26.1 Å². The third kappa shape index (κ3) is 1.20. The van der Waals surface area contributed by atoms with E-state index < -0.39 is 0 Å². The first kappa shape index (κ1) is 10.5.